The Bertz CT molecular complexity index is 1220. The lowest BCUT2D eigenvalue weighted by Crippen LogP contribution is -2.28. The molecule has 172 valence electrons. The lowest BCUT2D eigenvalue weighted by molar-refractivity contribution is 0.0940. The minimum Gasteiger partial charge on any atom is -0.385 e. The van der Waals surface area contributed by atoms with Gasteiger partial charge in [0.15, 0.2) is 17.2 Å². The molecule has 0 spiro atoms. The molecule has 3 aromatic rings. The van der Waals surface area contributed by atoms with Crippen LogP contribution in [0.1, 0.15) is 49.2 Å². The number of halogens is 1. The number of anilines is 3. The number of amides is 1. The molecule has 8 nitrogen and oxygen atoms in total. The molecule has 9 heteroatoms. The van der Waals surface area contributed by atoms with Gasteiger partial charge in [-0.2, -0.15) is 0 Å². The van der Waals surface area contributed by atoms with Gasteiger partial charge in [0.25, 0.3) is 5.91 Å². The fraction of sp³-hybridized carbons (Fsp3) is 0.333. The third kappa shape index (κ3) is 4.87. The Morgan fingerprint density at radius 2 is 2.03 bits per heavy atom. The van der Waals surface area contributed by atoms with Gasteiger partial charge in [-0.15, -0.1) is 5.10 Å². The Balaban J connectivity index is 0.00000126. The summed E-state index contributed by atoms with van der Waals surface area (Å²) in [5.74, 6) is 0.144. The zero-order valence-corrected chi connectivity index (χ0v) is 19.0. The molecule has 1 fully saturated rings. The van der Waals surface area contributed by atoms with Crippen LogP contribution in [0.5, 0.6) is 0 Å². The van der Waals surface area contributed by atoms with E-state index >= 15 is 0 Å². The lowest BCUT2D eigenvalue weighted by Gasteiger charge is -2.12. The van der Waals surface area contributed by atoms with Crippen LogP contribution < -0.4 is 16.0 Å². The number of rotatable bonds is 6. The number of alkyl halides is 1. The number of benzene rings is 1. The maximum atomic E-state index is 13.2. The van der Waals surface area contributed by atoms with Crippen molar-refractivity contribution in [3.8, 4) is 0 Å². The molecule has 33 heavy (non-hydrogen) atoms. The molecule has 2 atom stereocenters. The number of aromatic nitrogens is 3. The van der Waals surface area contributed by atoms with Crippen molar-refractivity contribution in [2.24, 2.45) is 4.99 Å². The number of aliphatic imine (C=N–C) groups is 1. The van der Waals surface area contributed by atoms with Crippen LogP contribution in [-0.4, -0.2) is 46.0 Å². The highest BCUT2D eigenvalue weighted by molar-refractivity contribution is 5.94. The fourth-order valence-electron chi connectivity index (χ4n) is 3.53. The van der Waals surface area contributed by atoms with Crippen LogP contribution in [-0.2, 0) is 0 Å². The van der Waals surface area contributed by atoms with E-state index in [1.54, 1.807) is 7.05 Å². The van der Waals surface area contributed by atoms with Gasteiger partial charge >= 0.3 is 0 Å². The Labute approximate surface area is 192 Å². The molecule has 0 bridgehead atoms. The van der Waals surface area contributed by atoms with Crippen molar-refractivity contribution in [2.75, 3.05) is 17.7 Å². The third-order valence-corrected chi connectivity index (χ3v) is 5.29. The van der Waals surface area contributed by atoms with Crippen LogP contribution in [0.25, 0.3) is 11.3 Å². The van der Waals surface area contributed by atoms with Gasteiger partial charge in [-0.05, 0) is 25.0 Å². The SMILES string of the molecule is CC.CNc1cc(Nc2cccc(C3=CCCC=N3)c2)nn2c(C(=O)NC3CC3F)cnc12. The lowest BCUT2D eigenvalue weighted by atomic mass is 10.1. The highest BCUT2D eigenvalue weighted by atomic mass is 19.1. The average Bonchev–Trinajstić information content (AvgIpc) is 3.37. The van der Waals surface area contributed by atoms with Gasteiger partial charge in [-0.3, -0.25) is 9.79 Å². The second-order valence-electron chi connectivity index (χ2n) is 7.59. The first-order valence-corrected chi connectivity index (χ1v) is 11.2. The summed E-state index contributed by atoms with van der Waals surface area (Å²) >= 11 is 0. The van der Waals surface area contributed by atoms with Crippen molar-refractivity contribution in [3.63, 3.8) is 0 Å². The average molecular weight is 450 g/mol. The minimum absolute atomic E-state index is 0.254. The molecule has 1 aliphatic carbocycles. The van der Waals surface area contributed by atoms with Gasteiger partial charge < -0.3 is 16.0 Å². The summed E-state index contributed by atoms with van der Waals surface area (Å²) in [5.41, 5.74) is 4.29. The quantitative estimate of drug-likeness (QED) is 0.512. The number of hydrogen-bond acceptors (Lipinski definition) is 6. The van der Waals surface area contributed by atoms with Crippen LogP contribution in [0.4, 0.5) is 21.6 Å². The molecule has 5 rings (SSSR count). The molecule has 1 amide bonds. The molecular formula is C24H28FN7O. The first kappa shape index (κ1) is 22.4. The summed E-state index contributed by atoms with van der Waals surface area (Å²) in [7, 11) is 1.78. The maximum Gasteiger partial charge on any atom is 0.271 e. The Hall–Kier alpha value is -3.75. The number of nitrogens with zero attached hydrogens (tertiary/aromatic N) is 4. The Morgan fingerprint density at radius 3 is 2.73 bits per heavy atom. The van der Waals surface area contributed by atoms with Crippen LogP contribution >= 0.6 is 0 Å². The van der Waals surface area contributed by atoms with E-state index in [0.29, 0.717) is 23.6 Å². The van der Waals surface area contributed by atoms with Crippen LogP contribution in [0.3, 0.4) is 0 Å². The van der Waals surface area contributed by atoms with Crippen molar-refractivity contribution < 1.29 is 9.18 Å². The molecule has 2 unspecified atom stereocenters. The van der Waals surface area contributed by atoms with Crippen molar-refractivity contribution in [2.45, 2.75) is 45.3 Å². The number of imidazole rings is 1. The van der Waals surface area contributed by atoms with E-state index in [0.717, 1.165) is 29.8 Å². The van der Waals surface area contributed by atoms with E-state index in [-0.39, 0.29) is 5.69 Å². The van der Waals surface area contributed by atoms with Gasteiger partial charge in [0.2, 0.25) is 0 Å². The zero-order valence-electron chi connectivity index (χ0n) is 19.0. The molecule has 0 saturated heterocycles. The predicted molar refractivity (Wildman–Crippen MR) is 130 cm³/mol. The summed E-state index contributed by atoms with van der Waals surface area (Å²) in [6.07, 6.45) is 6.83. The van der Waals surface area contributed by atoms with Gasteiger partial charge in [0, 0.05) is 37.0 Å². The Kier molecular flexibility index (Phi) is 6.67. The summed E-state index contributed by atoms with van der Waals surface area (Å²) < 4.78 is 14.7. The van der Waals surface area contributed by atoms with E-state index < -0.39 is 18.1 Å². The molecular weight excluding hydrogens is 421 g/mol. The second-order valence-corrected chi connectivity index (χ2v) is 7.59. The van der Waals surface area contributed by atoms with Crippen molar-refractivity contribution in [3.05, 3.63) is 53.9 Å². The number of carbonyl (C=O) groups excluding carboxylic acids is 1. The number of allylic oxidation sites excluding steroid dienone is 1. The standard InChI is InChI=1S/C22H22FN7O.C2H6/c1-24-18-11-20(27-14-6-4-5-13(9-14)16-7-2-3-8-25-16)29-30-19(12-26-21(18)30)22(31)28-17-10-15(17)23;1-2/h4-9,11-12,15,17,24H,2-3,10H2,1H3,(H,27,29)(H,28,31);1-2H3. The molecule has 3 heterocycles. The van der Waals surface area contributed by atoms with Gasteiger partial charge in [0.05, 0.1) is 23.6 Å². The minimum atomic E-state index is -0.975. The van der Waals surface area contributed by atoms with Crippen molar-refractivity contribution in [1.29, 1.82) is 0 Å². The largest absolute Gasteiger partial charge is 0.385 e. The van der Waals surface area contributed by atoms with E-state index in [1.165, 1.54) is 10.7 Å². The summed E-state index contributed by atoms with van der Waals surface area (Å²) in [6, 6.07) is 9.32. The Morgan fingerprint density at radius 1 is 1.21 bits per heavy atom. The van der Waals surface area contributed by atoms with Crippen molar-refractivity contribution in [1.82, 2.24) is 19.9 Å². The van der Waals surface area contributed by atoms with Gasteiger partial charge in [-0.25, -0.2) is 13.9 Å². The van der Waals surface area contributed by atoms with Gasteiger partial charge in [-0.1, -0.05) is 32.1 Å². The first-order chi connectivity index (χ1) is 16.1. The predicted octanol–water partition coefficient (Wildman–Crippen LogP) is 4.59. The maximum absolute atomic E-state index is 13.2. The number of nitrogens with one attached hydrogen (secondary N) is 3. The highest BCUT2D eigenvalue weighted by Crippen LogP contribution is 2.27. The molecule has 3 N–H and O–H groups in total. The van der Waals surface area contributed by atoms with E-state index in [4.69, 9.17) is 0 Å². The van der Waals surface area contributed by atoms with E-state index in [2.05, 4.69) is 37.1 Å². The first-order valence-electron chi connectivity index (χ1n) is 11.2. The summed E-state index contributed by atoms with van der Waals surface area (Å²) in [4.78, 5) is 21.4. The monoisotopic (exact) mass is 449 g/mol. The van der Waals surface area contributed by atoms with E-state index in [9.17, 15) is 9.18 Å². The molecule has 0 radical (unpaired) electrons. The summed E-state index contributed by atoms with van der Waals surface area (Å²) in [6.45, 7) is 4.00. The number of carbonyl (C=O) groups is 1. The zero-order chi connectivity index (χ0) is 23.4. The number of hydrogen-bond donors (Lipinski definition) is 3. The fourth-order valence-corrected chi connectivity index (χ4v) is 3.53. The van der Waals surface area contributed by atoms with Crippen LogP contribution in [0, 0.1) is 0 Å². The van der Waals surface area contributed by atoms with Gasteiger partial charge in [0.1, 0.15) is 6.17 Å². The normalized spacial score (nSPS) is 18.7. The second kappa shape index (κ2) is 9.81. The smallest absolute Gasteiger partial charge is 0.271 e. The highest BCUT2D eigenvalue weighted by Gasteiger charge is 2.39. The molecule has 2 aliphatic rings. The molecule has 1 aromatic carbocycles. The summed E-state index contributed by atoms with van der Waals surface area (Å²) in [5, 5.41) is 13.6. The van der Waals surface area contributed by atoms with Crippen LogP contribution in [0.2, 0.25) is 0 Å². The third-order valence-electron chi connectivity index (χ3n) is 5.29. The molecule has 2 aromatic heterocycles. The van der Waals surface area contributed by atoms with E-state index in [1.807, 2.05) is 50.4 Å². The molecule has 1 saturated carbocycles. The number of fused-ring (bicyclic) bond motifs is 1. The topological polar surface area (TPSA) is 95.7 Å². The molecule has 1 aliphatic heterocycles. The van der Waals surface area contributed by atoms with Crippen molar-refractivity contribution >= 4 is 40.7 Å². The van der Waals surface area contributed by atoms with Crippen LogP contribution in [0.15, 0.2) is 47.6 Å².